The van der Waals surface area contributed by atoms with E-state index in [1.54, 1.807) is 18.3 Å². The number of benzene rings is 1. The third kappa shape index (κ3) is 5.02. The summed E-state index contributed by atoms with van der Waals surface area (Å²) in [4.78, 5) is 26.5. The number of alkyl halides is 3. The molecule has 9 nitrogen and oxygen atoms in total. The van der Waals surface area contributed by atoms with E-state index in [-0.39, 0.29) is 11.9 Å². The molecule has 0 atom stereocenters. The molecule has 3 aromatic heterocycles. The van der Waals surface area contributed by atoms with Gasteiger partial charge in [0.25, 0.3) is 0 Å². The topological polar surface area (TPSA) is 130 Å². The molecule has 0 aliphatic heterocycles. The second-order valence-electron chi connectivity index (χ2n) is 8.79. The quantitative estimate of drug-likeness (QED) is 0.340. The SMILES string of the molecule is Cc1cc(Nc2nccc(C(F)(F)F)n2)cc(-c2cnc([C@]3(O)CC[C@@H](c4noc(=O)[nH]4)CC3)s2)c1. The molecule has 36 heavy (non-hydrogen) atoms. The highest BCUT2D eigenvalue weighted by atomic mass is 32.1. The fraction of sp³-hybridized carbons (Fsp3) is 0.348. The van der Waals surface area contributed by atoms with Crippen LogP contribution in [-0.2, 0) is 11.8 Å². The molecule has 0 amide bonds. The van der Waals surface area contributed by atoms with Crippen molar-refractivity contribution in [2.24, 2.45) is 0 Å². The molecule has 5 rings (SSSR count). The molecular weight excluding hydrogens is 497 g/mol. The summed E-state index contributed by atoms with van der Waals surface area (Å²) >= 11 is 1.36. The zero-order valence-corrected chi connectivity index (χ0v) is 19.8. The number of aromatic nitrogens is 5. The minimum atomic E-state index is -4.57. The van der Waals surface area contributed by atoms with Gasteiger partial charge in [-0.1, -0.05) is 11.2 Å². The van der Waals surface area contributed by atoms with Crippen LogP contribution in [0.1, 0.15) is 53.7 Å². The van der Waals surface area contributed by atoms with E-state index in [2.05, 4.69) is 34.9 Å². The molecule has 1 fully saturated rings. The van der Waals surface area contributed by atoms with Gasteiger partial charge >= 0.3 is 11.9 Å². The third-order valence-electron chi connectivity index (χ3n) is 6.12. The number of H-pyrrole nitrogens is 1. The average molecular weight is 519 g/mol. The van der Waals surface area contributed by atoms with Crippen LogP contribution in [0.15, 0.2) is 46.0 Å². The summed E-state index contributed by atoms with van der Waals surface area (Å²) in [5.74, 6) is -0.265. The number of aromatic amines is 1. The number of hydrogen-bond donors (Lipinski definition) is 3. The molecule has 0 saturated heterocycles. The first-order valence-corrected chi connectivity index (χ1v) is 11.9. The first-order valence-electron chi connectivity index (χ1n) is 11.1. The highest BCUT2D eigenvalue weighted by Gasteiger charge is 2.39. The van der Waals surface area contributed by atoms with Crippen molar-refractivity contribution in [3.63, 3.8) is 0 Å². The summed E-state index contributed by atoms with van der Waals surface area (Å²) in [6, 6.07) is 6.29. The van der Waals surface area contributed by atoms with Crippen molar-refractivity contribution in [3.05, 3.63) is 69.3 Å². The summed E-state index contributed by atoms with van der Waals surface area (Å²) in [5.41, 5.74) is 0.0709. The van der Waals surface area contributed by atoms with E-state index >= 15 is 0 Å². The van der Waals surface area contributed by atoms with Crippen LogP contribution in [-0.4, -0.2) is 30.2 Å². The highest BCUT2D eigenvalue weighted by molar-refractivity contribution is 7.15. The Labute approximate surface area is 206 Å². The zero-order chi connectivity index (χ0) is 25.5. The smallest absolute Gasteiger partial charge is 0.383 e. The summed E-state index contributed by atoms with van der Waals surface area (Å²) in [5, 5.41) is 18.5. The molecule has 1 aliphatic rings. The van der Waals surface area contributed by atoms with Crippen LogP contribution >= 0.6 is 11.3 Å². The molecule has 0 spiro atoms. The Balaban J connectivity index is 1.34. The Morgan fingerprint density at radius 2 is 2.00 bits per heavy atom. The van der Waals surface area contributed by atoms with E-state index in [1.807, 2.05) is 13.0 Å². The molecule has 0 radical (unpaired) electrons. The first kappa shape index (κ1) is 24.1. The lowest BCUT2D eigenvalue weighted by molar-refractivity contribution is -0.141. The van der Waals surface area contributed by atoms with Crippen LogP contribution < -0.4 is 11.1 Å². The lowest BCUT2D eigenvalue weighted by Gasteiger charge is -2.33. The van der Waals surface area contributed by atoms with Crippen LogP contribution in [0, 0.1) is 6.92 Å². The van der Waals surface area contributed by atoms with Crippen molar-refractivity contribution < 1.29 is 22.8 Å². The van der Waals surface area contributed by atoms with E-state index in [9.17, 15) is 23.1 Å². The van der Waals surface area contributed by atoms with Gasteiger partial charge in [-0.05, 0) is 61.9 Å². The first-order chi connectivity index (χ1) is 17.1. The van der Waals surface area contributed by atoms with Gasteiger partial charge in [-0.25, -0.2) is 19.7 Å². The lowest BCUT2D eigenvalue weighted by Crippen LogP contribution is -2.31. The Morgan fingerprint density at radius 3 is 2.69 bits per heavy atom. The molecular formula is C23H21F3N6O3S. The summed E-state index contributed by atoms with van der Waals surface area (Å²) < 4.78 is 43.5. The van der Waals surface area contributed by atoms with Crippen LogP contribution in [0.3, 0.4) is 0 Å². The second-order valence-corrected chi connectivity index (χ2v) is 9.82. The molecule has 1 saturated carbocycles. The van der Waals surface area contributed by atoms with Crippen LogP contribution in [0.25, 0.3) is 10.4 Å². The standard InChI is InChI=1S/C23H21F3N6O3S/c1-12-8-14(10-15(9-12)29-20-27-7-4-17(30-20)23(24,25)26)16-11-28-19(36-16)22(34)5-2-13(3-6-22)18-31-21(33)35-32-18/h4,7-11,13,34H,2-3,5-6H2,1H3,(H,27,29,30)(H,31,32,33)/t13-,22+. The minimum Gasteiger partial charge on any atom is -0.383 e. The summed E-state index contributed by atoms with van der Waals surface area (Å²) in [6.07, 6.45) is 0.299. The fourth-order valence-electron chi connectivity index (χ4n) is 4.33. The maximum atomic E-state index is 13.0. The molecule has 0 bridgehead atoms. The summed E-state index contributed by atoms with van der Waals surface area (Å²) in [6.45, 7) is 1.87. The third-order valence-corrected chi connectivity index (χ3v) is 7.36. The van der Waals surface area contributed by atoms with Crippen LogP contribution in [0.4, 0.5) is 24.8 Å². The van der Waals surface area contributed by atoms with Gasteiger partial charge in [0.1, 0.15) is 16.3 Å². The maximum Gasteiger partial charge on any atom is 0.438 e. The number of nitrogens with one attached hydrogen (secondary N) is 2. The van der Waals surface area contributed by atoms with Crippen molar-refractivity contribution >= 4 is 23.0 Å². The van der Waals surface area contributed by atoms with Gasteiger partial charge in [-0.2, -0.15) is 13.2 Å². The minimum absolute atomic E-state index is 0.000342. The molecule has 4 aromatic rings. The monoisotopic (exact) mass is 518 g/mol. The largest absolute Gasteiger partial charge is 0.438 e. The van der Waals surface area contributed by atoms with Gasteiger partial charge in [0.05, 0.1) is 4.88 Å². The van der Waals surface area contributed by atoms with Gasteiger partial charge in [0.15, 0.2) is 5.82 Å². The maximum absolute atomic E-state index is 13.0. The summed E-state index contributed by atoms with van der Waals surface area (Å²) in [7, 11) is 0. The molecule has 13 heteroatoms. The normalized spacial score (nSPS) is 20.4. The number of anilines is 2. The van der Waals surface area contributed by atoms with Crippen LogP contribution in [0.5, 0.6) is 0 Å². The molecule has 1 aliphatic carbocycles. The lowest BCUT2D eigenvalue weighted by atomic mass is 9.79. The van der Waals surface area contributed by atoms with Gasteiger partial charge in [0, 0.05) is 24.0 Å². The Kier molecular flexibility index (Phi) is 6.12. The van der Waals surface area contributed by atoms with Crippen molar-refractivity contribution in [2.75, 3.05) is 5.32 Å². The fourth-order valence-corrected chi connectivity index (χ4v) is 5.38. The van der Waals surface area contributed by atoms with Crippen molar-refractivity contribution in [1.29, 1.82) is 0 Å². The highest BCUT2D eigenvalue weighted by Crippen LogP contribution is 2.45. The van der Waals surface area contributed by atoms with Crippen molar-refractivity contribution in [1.82, 2.24) is 25.1 Å². The molecule has 0 unspecified atom stereocenters. The van der Waals surface area contributed by atoms with Gasteiger partial charge in [-0.3, -0.25) is 9.51 Å². The Hall–Kier alpha value is -3.58. The Bertz CT molecular complexity index is 1440. The molecule has 3 N–H and O–H groups in total. The number of thiazole rings is 1. The number of aliphatic hydroxyl groups is 1. The second kappa shape index (κ2) is 9.13. The van der Waals surface area contributed by atoms with E-state index in [0.29, 0.717) is 42.2 Å². The van der Waals surface area contributed by atoms with Crippen molar-refractivity contribution in [2.45, 2.75) is 50.3 Å². The molecule has 1 aromatic carbocycles. The predicted molar refractivity (Wildman–Crippen MR) is 125 cm³/mol. The van der Waals surface area contributed by atoms with Crippen LogP contribution in [0.2, 0.25) is 0 Å². The van der Waals surface area contributed by atoms with Crippen molar-refractivity contribution in [3.8, 4) is 10.4 Å². The number of hydrogen-bond acceptors (Lipinski definition) is 9. The zero-order valence-electron chi connectivity index (χ0n) is 19.0. The van der Waals surface area contributed by atoms with Gasteiger partial charge in [0.2, 0.25) is 5.95 Å². The molecule has 188 valence electrons. The van der Waals surface area contributed by atoms with E-state index in [1.165, 1.54) is 11.3 Å². The van der Waals surface area contributed by atoms with E-state index in [0.717, 1.165) is 28.3 Å². The predicted octanol–water partition coefficient (Wildman–Crippen LogP) is 4.89. The van der Waals surface area contributed by atoms with E-state index in [4.69, 9.17) is 0 Å². The van der Waals surface area contributed by atoms with Gasteiger partial charge in [-0.15, -0.1) is 11.3 Å². The molecule has 3 heterocycles. The number of nitrogens with zero attached hydrogens (tertiary/aromatic N) is 4. The number of rotatable bonds is 5. The number of halogens is 3. The van der Waals surface area contributed by atoms with Gasteiger partial charge < -0.3 is 10.4 Å². The number of aryl methyl sites for hydroxylation is 1. The van der Waals surface area contributed by atoms with E-state index < -0.39 is 23.2 Å². The average Bonchev–Trinajstić information content (AvgIpc) is 3.49. The Morgan fingerprint density at radius 1 is 1.22 bits per heavy atom.